The number of hydrogen-bond donors (Lipinski definition) is 1. The minimum atomic E-state index is 0. The maximum absolute atomic E-state index is 5.47. The van der Waals surface area contributed by atoms with Crippen molar-refractivity contribution in [1.82, 2.24) is 30.5 Å². The van der Waals surface area contributed by atoms with Crippen LogP contribution in [0.5, 0.6) is 0 Å². The van der Waals surface area contributed by atoms with Crippen LogP contribution in [0.2, 0.25) is 0 Å². The molecule has 1 aliphatic rings. The second-order valence-electron chi connectivity index (χ2n) is 6.21. The number of piperazine rings is 1. The van der Waals surface area contributed by atoms with E-state index in [1.165, 1.54) is 0 Å². The van der Waals surface area contributed by atoms with E-state index in [0.29, 0.717) is 23.4 Å². The van der Waals surface area contributed by atoms with Crippen molar-refractivity contribution in [3.63, 3.8) is 0 Å². The molecule has 4 rings (SSSR count). The smallest absolute Gasteiger partial charge is 0.257 e. The van der Waals surface area contributed by atoms with E-state index in [1.54, 1.807) is 11.8 Å². The van der Waals surface area contributed by atoms with Crippen molar-refractivity contribution in [2.45, 2.75) is 23.6 Å². The number of hydrogen-bond acceptors (Lipinski definition) is 9. The molecule has 1 atom stereocenters. The van der Waals surface area contributed by atoms with E-state index in [-0.39, 0.29) is 18.4 Å². The molecule has 1 saturated heterocycles. The Morgan fingerprint density at radius 2 is 2.00 bits per heavy atom. The zero-order valence-electron chi connectivity index (χ0n) is 15.1. The summed E-state index contributed by atoms with van der Waals surface area (Å²) in [7, 11) is 2.08. The highest BCUT2D eigenvalue weighted by atomic mass is 35.5. The molecule has 1 N–H and O–H groups in total. The molecule has 0 radical (unpaired) electrons. The summed E-state index contributed by atoms with van der Waals surface area (Å²) >= 11 is 1.64. The fourth-order valence-electron chi connectivity index (χ4n) is 2.82. The Hall–Kier alpha value is -1.94. The lowest BCUT2D eigenvalue weighted by Gasteiger charge is -2.30. The highest BCUT2D eigenvalue weighted by molar-refractivity contribution is 7.98. The van der Waals surface area contributed by atoms with Crippen molar-refractivity contribution in [2.75, 3.05) is 26.7 Å². The third kappa shape index (κ3) is 4.67. The van der Waals surface area contributed by atoms with Gasteiger partial charge >= 0.3 is 0 Å². The summed E-state index contributed by atoms with van der Waals surface area (Å²) in [5.74, 6) is 3.19. The lowest BCUT2D eigenvalue weighted by Crippen LogP contribution is -2.44. The molecule has 10 heteroatoms. The van der Waals surface area contributed by atoms with Crippen LogP contribution in [0, 0.1) is 6.92 Å². The molecule has 0 bridgehead atoms. The average Bonchev–Trinajstić information content (AvgIpc) is 3.30. The van der Waals surface area contributed by atoms with Crippen molar-refractivity contribution >= 4 is 24.2 Å². The van der Waals surface area contributed by atoms with Crippen LogP contribution < -0.4 is 5.32 Å². The van der Waals surface area contributed by atoms with E-state index in [0.717, 1.165) is 35.9 Å². The van der Waals surface area contributed by atoms with Crippen molar-refractivity contribution in [3.05, 3.63) is 41.8 Å². The number of nitrogens with one attached hydrogen (secondary N) is 1. The molecule has 144 valence electrons. The van der Waals surface area contributed by atoms with Crippen LogP contribution >= 0.6 is 24.2 Å². The van der Waals surface area contributed by atoms with Gasteiger partial charge in [0.15, 0.2) is 11.6 Å². The molecular formula is C17H21ClN6O2S. The van der Waals surface area contributed by atoms with Gasteiger partial charge in [-0.3, -0.25) is 4.90 Å². The highest BCUT2D eigenvalue weighted by Gasteiger charge is 2.25. The van der Waals surface area contributed by atoms with Crippen LogP contribution in [0.3, 0.4) is 0 Å². The van der Waals surface area contributed by atoms with Crippen LogP contribution in [0.15, 0.2) is 38.2 Å². The molecule has 0 saturated carbocycles. The van der Waals surface area contributed by atoms with Crippen molar-refractivity contribution in [2.24, 2.45) is 0 Å². The molecule has 27 heavy (non-hydrogen) atoms. The summed E-state index contributed by atoms with van der Waals surface area (Å²) in [5.41, 5.74) is 0.910. The second-order valence-corrected chi connectivity index (χ2v) is 7.26. The number of benzene rings is 1. The average molecular weight is 409 g/mol. The predicted molar refractivity (Wildman–Crippen MR) is 104 cm³/mol. The van der Waals surface area contributed by atoms with Crippen molar-refractivity contribution in [3.8, 4) is 11.5 Å². The van der Waals surface area contributed by atoms with Gasteiger partial charge in [0.25, 0.3) is 5.89 Å². The standard InChI is InChI=1S/C17H20N6O2S.ClH/c1-11-19-15(24-21-11)10-26-13-5-3-12(4-6-13)17-20-16(22-25-17)14-9-18-7-8-23(14)2;/h3-6,14,18H,7-10H2,1-2H3;1H. The largest absolute Gasteiger partial charge is 0.338 e. The van der Waals surface area contributed by atoms with Gasteiger partial charge in [-0.05, 0) is 38.2 Å². The van der Waals surface area contributed by atoms with Crippen LogP contribution in [0.1, 0.15) is 23.6 Å². The maximum atomic E-state index is 5.47. The van der Waals surface area contributed by atoms with Gasteiger partial charge in [-0.2, -0.15) is 9.97 Å². The fourth-order valence-corrected chi connectivity index (χ4v) is 3.56. The van der Waals surface area contributed by atoms with Gasteiger partial charge in [0.05, 0.1) is 11.8 Å². The van der Waals surface area contributed by atoms with E-state index >= 15 is 0 Å². The first-order chi connectivity index (χ1) is 12.7. The lowest BCUT2D eigenvalue weighted by molar-refractivity contribution is 0.190. The molecule has 3 heterocycles. The first kappa shape index (κ1) is 19.8. The number of likely N-dealkylation sites (N-methyl/N-ethyl adjacent to an activating group) is 1. The highest BCUT2D eigenvalue weighted by Crippen LogP contribution is 2.27. The third-order valence-corrected chi connectivity index (χ3v) is 5.28. The van der Waals surface area contributed by atoms with Gasteiger partial charge < -0.3 is 14.4 Å². The Kier molecular flexibility index (Phi) is 6.48. The van der Waals surface area contributed by atoms with Crippen LogP contribution in [0.25, 0.3) is 11.5 Å². The summed E-state index contributed by atoms with van der Waals surface area (Å²) in [4.78, 5) is 12.1. The van der Waals surface area contributed by atoms with Gasteiger partial charge in [0.2, 0.25) is 5.89 Å². The second kappa shape index (κ2) is 8.83. The van der Waals surface area contributed by atoms with Crippen LogP contribution in [0.4, 0.5) is 0 Å². The Balaban J connectivity index is 0.00000210. The van der Waals surface area contributed by atoms with E-state index in [9.17, 15) is 0 Å². The van der Waals surface area contributed by atoms with Crippen molar-refractivity contribution in [1.29, 1.82) is 0 Å². The predicted octanol–water partition coefficient (Wildman–Crippen LogP) is 2.72. The van der Waals surface area contributed by atoms with Crippen molar-refractivity contribution < 1.29 is 9.05 Å². The van der Waals surface area contributed by atoms with E-state index in [1.807, 2.05) is 31.2 Å². The molecule has 3 aromatic rings. The number of halogens is 1. The Morgan fingerprint density at radius 3 is 2.70 bits per heavy atom. The monoisotopic (exact) mass is 408 g/mol. The van der Waals surface area contributed by atoms with Gasteiger partial charge in [0, 0.05) is 30.1 Å². The topological polar surface area (TPSA) is 93.1 Å². The molecule has 1 aromatic carbocycles. The molecule has 1 unspecified atom stereocenters. The number of thioether (sulfide) groups is 1. The third-order valence-electron chi connectivity index (χ3n) is 4.28. The van der Waals surface area contributed by atoms with Gasteiger partial charge in [-0.15, -0.1) is 24.2 Å². The minimum absolute atomic E-state index is 0. The Labute approximate surface area is 167 Å². The number of aromatic nitrogens is 4. The molecule has 1 aliphatic heterocycles. The number of nitrogens with zero attached hydrogens (tertiary/aromatic N) is 5. The minimum Gasteiger partial charge on any atom is -0.338 e. The molecule has 8 nitrogen and oxygen atoms in total. The molecular weight excluding hydrogens is 388 g/mol. The van der Waals surface area contributed by atoms with Gasteiger partial charge in [0.1, 0.15) is 0 Å². The zero-order chi connectivity index (χ0) is 17.9. The Morgan fingerprint density at radius 1 is 1.19 bits per heavy atom. The van der Waals surface area contributed by atoms with E-state index in [4.69, 9.17) is 9.05 Å². The summed E-state index contributed by atoms with van der Waals surface area (Å²) in [6.07, 6.45) is 0. The molecule has 1 fully saturated rings. The van der Waals surface area contributed by atoms with Crippen LogP contribution in [-0.2, 0) is 5.75 Å². The lowest BCUT2D eigenvalue weighted by atomic mass is 10.2. The molecule has 0 spiro atoms. The summed E-state index contributed by atoms with van der Waals surface area (Å²) in [6, 6.07) is 8.18. The Bertz CT molecular complexity index is 868. The molecule has 0 aliphatic carbocycles. The summed E-state index contributed by atoms with van der Waals surface area (Å²) in [5, 5.41) is 11.3. The number of rotatable bonds is 5. The summed E-state index contributed by atoms with van der Waals surface area (Å²) in [6.45, 7) is 4.60. The maximum Gasteiger partial charge on any atom is 0.257 e. The van der Waals surface area contributed by atoms with Crippen LogP contribution in [-0.4, -0.2) is 51.9 Å². The molecule has 2 aromatic heterocycles. The van der Waals surface area contributed by atoms with E-state index in [2.05, 4.69) is 37.5 Å². The SMILES string of the molecule is Cc1noc(CSc2ccc(-c3nc(C4CNCCN4C)no3)cc2)n1.Cl. The fraction of sp³-hybridized carbons (Fsp3) is 0.412. The first-order valence-electron chi connectivity index (χ1n) is 8.46. The van der Waals surface area contributed by atoms with E-state index < -0.39 is 0 Å². The quantitative estimate of drug-likeness (QED) is 0.639. The first-order valence-corrected chi connectivity index (χ1v) is 9.44. The van der Waals surface area contributed by atoms with Gasteiger partial charge in [-0.25, -0.2) is 0 Å². The number of aryl methyl sites for hydroxylation is 1. The zero-order valence-corrected chi connectivity index (χ0v) is 16.7. The molecule has 0 amide bonds. The van der Waals surface area contributed by atoms with Gasteiger partial charge in [-0.1, -0.05) is 10.3 Å². The normalized spacial score (nSPS) is 17.6. The summed E-state index contributed by atoms with van der Waals surface area (Å²) < 4.78 is 10.6.